The van der Waals surface area contributed by atoms with E-state index < -0.39 is 0 Å². The zero-order valence-electron chi connectivity index (χ0n) is 11.1. The second-order valence-corrected chi connectivity index (χ2v) is 6.14. The fourth-order valence-corrected chi connectivity index (χ4v) is 2.76. The van der Waals surface area contributed by atoms with Gasteiger partial charge in [0.15, 0.2) is 0 Å². The van der Waals surface area contributed by atoms with Gasteiger partial charge in [-0.1, -0.05) is 64.5 Å². The molecule has 0 atom stereocenters. The normalized spacial score (nSPS) is 15.9. The molecule has 0 aliphatic heterocycles. The zero-order chi connectivity index (χ0) is 11.9. The van der Waals surface area contributed by atoms with Crippen LogP contribution in [0.5, 0.6) is 0 Å². The van der Waals surface area contributed by atoms with Gasteiger partial charge in [-0.15, -0.1) is 0 Å². The predicted molar refractivity (Wildman–Crippen MR) is 71.4 cm³/mol. The fraction of sp³-hybridized carbons (Fsp3) is 0.500. The minimum atomic E-state index is 0.256. The average molecular weight is 214 g/mol. The lowest BCUT2D eigenvalue weighted by Crippen LogP contribution is -2.10. The van der Waals surface area contributed by atoms with Gasteiger partial charge in [-0.05, 0) is 34.5 Å². The summed E-state index contributed by atoms with van der Waals surface area (Å²) >= 11 is 0. The van der Waals surface area contributed by atoms with Crippen LogP contribution in [0, 0.1) is 11.3 Å². The summed E-state index contributed by atoms with van der Waals surface area (Å²) in [5.74, 6) is 0.654. The van der Waals surface area contributed by atoms with Crippen molar-refractivity contribution in [1.82, 2.24) is 0 Å². The molecule has 86 valence electrons. The molecular weight excluding hydrogens is 192 g/mol. The molecule has 0 saturated carbocycles. The monoisotopic (exact) mass is 214 g/mol. The molecule has 0 saturated heterocycles. The highest BCUT2D eigenvalue weighted by Gasteiger charge is 2.30. The zero-order valence-corrected chi connectivity index (χ0v) is 11.1. The van der Waals surface area contributed by atoms with E-state index in [1.807, 2.05) is 0 Å². The molecule has 0 fully saturated rings. The molecule has 0 spiro atoms. The fourth-order valence-electron chi connectivity index (χ4n) is 2.76. The lowest BCUT2D eigenvalue weighted by Gasteiger charge is -2.25. The van der Waals surface area contributed by atoms with Crippen LogP contribution in [0.2, 0.25) is 0 Å². The Morgan fingerprint density at radius 2 is 1.69 bits per heavy atom. The van der Waals surface area contributed by atoms with Gasteiger partial charge in [0.05, 0.1) is 0 Å². The van der Waals surface area contributed by atoms with Crippen LogP contribution in [-0.2, 0) is 6.42 Å². The van der Waals surface area contributed by atoms with Crippen LogP contribution in [0.15, 0.2) is 29.8 Å². The maximum Gasteiger partial charge on any atom is -0.00522 e. The molecule has 0 heterocycles. The average Bonchev–Trinajstić information content (AvgIpc) is 2.55. The van der Waals surface area contributed by atoms with Gasteiger partial charge in [0.25, 0.3) is 0 Å². The summed E-state index contributed by atoms with van der Waals surface area (Å²) < 4.78 is 0. The van der Waals surface area contributed by atoms with Crippen molar-refractivity contribution in [3.05, 3.63) is 41.0 Å². The second kappa shape index (κ2) is 3.76. The smallest absolute Gasteiger partial charge is 0.00522 e. The summed E-state index contributed by atoms with van der Waals surface area (Å²) in [6.07, 6.45) is 1.15. The van der Waals surface area contributed by atoms with Gasteiger partial charge in [-0.2, -0.15) is 0 Å². The minimum absolute atomic E-state index is 0.256. The van der Waals surface area contributed by atoms with E-state index in [2.05, 4.69) is 58.9 Å². The molecule has 0 nitrogen and oxygen atoms in total. The van der Waals surface area contributed by atoms with Crippen molar-refractivity contribution in [3.8, 4) is 0 Å². The predicted octanol–water partition coefficient (Wildman–Crippen LogP) is 4.70. The van der Waals surface area contributed by atoms with Gasteiger partial charge >= 0.3 is 0 Å². The van der Waals surface area contributed by atoms with Crippen molar-refractivity contribution in [2.45, 2.75) is 41.0 Å². The van der Waals surface area contributed by atoms with Crippen molar-refractivity contribution < 1.29 is 0 Å². The summed E-state index contributed by atoms with van der Waals surface area (Å²) in [6, 6.07) is 8.87. The van der Waals surface area contributed by atoms with Crippen LogP contribution in [0.1, 0.15) is 45.7 Å². The first-order valence-electron chi connectivity index (χ1n) is 6.23. The molecule has 0 heteroatoms. The third-order valence-electron chi connectivity index (χ3n) is 3.44. The standard InChI is InChI=1S/C16H22/c1-11(2)14-10-12-8-6-7-9-13(12)15(14)16(3,4)5/h6-9,11H,10H2,1-5H3. The molecule has 2 rings (SSSR count). The largest absolute Gasteiger partial charge is 0.0619 e. The van der Waals surface area contributed by atoms with Gasteiger partial charge in [-0.25, -0.2) is 0 Å². The SMILES string of the molecule is CC(C)C1=C(C(C)(C)C)c2ccccc2C1. The maximum absolute atomic E-state index is 2.33. The topological polar surface area (TPSA) is 0 Å². The molecule has 0 bridgehead atoms. The molecule has 0 N–H and O–H groups in total. The first-order chi connectivity index (χ1) is 7.41. The minimum Gasteiger partial charge on any atom is -0.0619 e. The van der Waals surface area contributed by atoms with Crippen LogP contribution in [0.3, 0.4) is 0 Å². The Bertz CT molecular complexity index is 428. The van der Waals surface area contributed by atoms with E-state index in [0.29, 0.717) is 5.92 Å². The van der Waals surface area contributed by atoms with Gasteiger partial charge < -0.3 is 0 Å². The molecule has 0 amide bonds. The van der Waals surface area contributed by atoms with E-state index >= 15 is 0 Å². The quantitative estimate of drug-likeness (QED) is 0.635. The van der Waals surface area contributed by atoms with Gasteiger partial charge in [0.1, 0.15) is 0 Å². The number of hydrogen-bond acceptors (Lipinski definition) is 0. The van der Waals surface area contributed by atoms with Crippen LogP contribution in [-0.4, -0.2) is 0 Å². The summed E-state index contributed by atoms with van der Waals surface area (Å²) in [7, 11) is 0. The summed E-state index contributed by atoms with van der Waals surface area (Å²) in [5, 5.41) is 0. The van der Waals surface area contributed by atoms with E-state index in [1.165, 1.54) is 11.1 Å². The Morgan fingerprint density at radius 3 is 2.25 bits per heavy atom. The summed E-state index contributed by atoms with van der Waals surface area (Å²) in [6.45, 7) is 11.6. The van der Waals surface area contributed by atoms with E-state index in [0.717, 1.165) is 6.42 Å². The molecule has 0 radical (unpaired) electrons. The molecule has 1 aromatic rings. The van der Waals surface area contributed by atoms with Crippen molar-refractivity contribution in [3.63, 3.8) is 0 Å². The number of benzene rings is 1. The van der Waals surface area contributed by atoms with Crippen LogP contribution in [0.25, 0.3) is 5.57 Å². The third-order valence-corrected chi connectivity index (χ3v) is 3.44. The van der Waals surface area contributed by atoms with Crippen molar-refractivity contribution in [2.24, 2.45) is 11.3 Å². The second-order valence-electron chi connectivity index (χ2n) is 6.14. The molecule has 16 heavy (non-hydrogen) atoms. The Morgan fingerprint density at radius 1 is 1.06 bits per heavy atom. The summed E-state index contributed by atoms with van der Waals surface area (Å²) in [4.78, 5) is 0. The number of fused-ring (bicyclic) bond motifs is 1. The maximum atomic E-state index is 2.33. The Hall–Kier alpha value is -1.04. The molecule has 0 unspecified atom stereocenters. The first kappa shape index (κ1) is 11.4. The molecule has 1 aliphatic rings. The van der Waals surface area contributed by atoms with Crippen LogP contribution >= 0.6 is 0 Å². The van der Waals surface area contributed by atoms with Gasteiger partial charge in [0, 0.05) is 0 Å². The van der Waals surface area contributed by atoms with E-state index in [1.54, 1.807) is 11.1 Å². The third kappa shape index (κ3) is 1.81. The Kier molecular flexibility index (Phi) is 2.69. The highest BCUT2D eigenvalue weighted by atomic mass is 14.3. The molecular formula is C16H22. The number of allylic oxidation sites excluding steroid dienone is 2. The highest BCUT2D eigenvalue weighted by molar-refractivity contribution is 5.79. The van der Waals surface area contributed by atoms with Gasteiger partial charge in [0.2, 0.25) is 0 Å². The molecule has 1 aliphatic carbocycles. The van der Waals surface area contributed by atoms with E-state index in [-0.39, 0.29) is 5.41 Å². The Balaban J connectivity index is 2.59. The van der Waals surface area contributed by atoms with Crippen LogP contribution in [0.4, 0.5) is 0 Å². The molecule has 1 aromatic carbocycles. The summed E-state index contributed by atoms with van der Waals surface area (Å²) in [5.41, 5.74) is 6.47. The Labute approximate surface area is 99.4 Å². The van der Waals surface area contributed by atoms with E-state index in [4.69, 9.17) is 0 Å². The lowest BCUT2D eigenvalue weighted by atomic mass is 9.80. The number of rotatable bonds is 1. The highest BCUT2D eigenvalue weighted by Crippen LogP contribution is 2.45. The van der Waals surface area contributed by atoms with E-state index in [9.17, 15) is 0 Å². The van der Waals surface area contributed by atoms with Crippen molar-refractivity contribution in [1.29, 1.82) is 0 Å². The molecule has 0 aromatic heterocycles. The van der Waals surface area contributed by atoms with Crippen LogP contribution < -0.4 is 0 Å². The number of hydrogen-bond donors (Lipinski definition) is 0. The van der Waals surface area contributed by atoms with Crippen molar-refractivity contribution in [2.75, 3.05) is 0 Å². The first-order valence-corrected chi connectivity index (χ1v) is 6.23. The van der Waals surface area contributed by atoms with Crippen molar-refractivity contribution >= 4 is 5.57 Å². The lowest BCUT2D eigenvalue weighted by molar-refractivity contribution is 0.558. The van der Waals surface area contributed by atoms with Gasteiger partial charge in [-0.3, -0.25) is 0 Å².